The summed E-state index contributed by atoms with van der Waals surface area (Å²) >= 11 is 0. The number of carbonyl (C=O) groups is 1. The standard InChI is InChI=1S/C27H37N5O2/c1-27(2)18-32(17-24-23(27)15-28-26(30-24)29-20-10-13-34-14-11-20)25(33)21-9-12-31(3)16-22(21)19-7-5-4-6-8-19/h4-8,15,20-22H,9-14,16-18H2,1-3H3,(H,28,29,30)/t21-,22+/m0/s1. The highest BCUT2D eigenvalue weighted by molar-refractivity contribution is 5.80. The number of hydrogen-bond acceptors (Lipinski definition) is 6. The van der Waals surface area contributed by atoms with E-state index in [1.807, 2.05) is 12.3 Å². The molecule has 2 saturated heterocycles. The van der Waals surface area contributed by atoms with Gasteiger partial charge in [0.2, 0.25) is 11.9 Å². The van der Waals surface area contributed by atoms with E-state index in [9.17, 15) is 4.79 Å². The SMILES string of the molecule is CN1CC[C@H](C(=O)N2Cc3nc(NC4CCOCC4)ncc3C(C)(C)C2)[C@@H](c2ccccc2)C1. The Bertz CT molecular complexity index is 1010. The lowest BCUT2D eigenvalue weighted by atomic mass is 9.77. The monoisotopic (exact) mass is 463 g/mol. The molecule has 7 nitrogen and oxygen atoms in total. The minimum atomic E-state index is -0.186. The van der Waals surface area contributed by atoms with E-state index >= 15 is 0 Å². The number of fused-ring (bicyclic) bond motifs is 1. The van der Waals surface area contributed by atoms with Crippen LogP contribution in [0, 0.1) is 5.92 Å². The topological polar surface area (TPSA) is 70.6 Å². The number of carbonyl (C=O) groups excluding carboxylic acids is 1. The second-order valence-electron chi connectivity index (χ2n) is 10.8. The number of ether oxygens (including phenoxy) is 1. The molecule has 1 amide bonds. The molecule has 0 unspecified atom stereocenters. The molecular formula is C27H37N5O2. The van der Waals surface area contributed by atoms with Crippen LogP contribution in [0.5, 0.6) is 0 Å². The highest BCUT2D eigenvalue weighted by Crippen LogP contribution is 2.37. The molecule has 0 aliphatic carbocycles. The van der Waals surface area contributed by atoms with E-state index in [1.165, 1.54) is 5.56 Å². The molecule has 4 heterocycles. The second-order valence-corrected chi connectivity index (χ2v) is 10.8. The van der Waals surface area contributed by atoms with Gasteiger partial charge in [-0.2, -0.15) is 0 Å². The zero-order valence-electron chi connectivity index (χ0n) is 20.7. The predicted molar refractivity (Wildman–Crippen MR) is 133 cm³/mol. The number of rotatable bonds is 4. The Labute approximate surface area is 202 Å². The maximum absolute atomic E-state index is 14.0. The highest BCUT2D eigenvalue weighted by atomic mass is 16.5. The zero-order chi connectivity index (χ0) is 23.7. The van der Waals surface area contributed by atoms with E-state index in [1.54, 1.807) is 0 Å². The van der Waals surface area contributed by atoms with Crippen LogP contribution in [-0.4, -0.2) is 71.6 Å². The predicted octanol–water partition coefficient (Wildman–Crippen LogP) is 3.42. The first-order valence-electron chi connectivity index (χ1n) is 12.6. The third-order valence-electron chi connectivity index (χ3n) is 7.75. The van der Waals surface area contributed by atoms with Crippen LogP contribution in [0.4, 0.5) is 5.95 Å². The summed E-state index contributed by atoms with van der Waals surface area (Å²) in [5.74, 6) is 1.14. The molecule has 182 valence electrons. The van der Waals surface area contributed by atoms with E-state index in [4.69, 9.17) is 9.72 Å². The van der Waals surface area contributed by atoms with Crippen molar-refractivity contribution in [2.24, 2.45) is 5.92 Å². The number of amides is 1. The zero-order valence-corrected chi connectivity index (χ0v) is 20.7. The van der Waals surface area contributed by atoms with Gasteiger partial charge in [0, 0.05) is 61.4 Å². The largest absolute Gasteiger partial charge is 0.381 e. The third-order valence-corrected chi connectivity index (χ3v) is 7.75. The first-order valence-corrected chi connectivity index (χ1v) is 12.6. The molecule has 0 spiro atoms. The van der Waals surface area contributed by atoms with E-state index < -0.39 is 0 Å². The Hall–Kier alpha value is -2.51. The van der Waals surface area contributed by atoms with Gasteiger partial charge < -0.3 is 19.9 Å². The number of benzene rings is 1. The molecule has 0 bridgehead atoms. The molecule has 2 aromatic rings. The van der Waals surface area contributed by atoms with Gasteiger partial charge in [-0.05, 0) is 38.4 Å². The van der Waals surface area contributed by atoms with Crippen molar-refractivity contribution in [1.82, 2.24) is 19.8 Å². The van der Waals surface area contributed by atoms with E-state index in [0.29, 0.717) is 25.1 Å². The Morgan fingerprint density at radius 2 is 1.91 bits per heavy atom. The van der Waals surface area contributed by atoms with Crippen LogP contribution in [0.2, 0.25) is 0 Å². The molecule has 3 aliphatic heterocycles. The molecule has 2 fully saturated rings. The molecule has 0 saturated carbocycles. The van der Waals surface area contributed by atoms with Crippen molar-refractivity contribution in [3.05, 3.63) is 53.3 Å². The van der Waals surface area contributed by atoms with Gasteiger partial charge in [-0.3, -0.25) is 4.79 Å². The molecule has 34 heavy (non-hydrogen) atoms. The molecule has 7 heteroatoms. The van der Waals surface area contributed by atoms with Crippen LogP contribution in [0.25, 0.3) is 0 Å². The van der Waals surface area contributed by atoms with Gasteiger partial charge in [-0.15, -0.1) is 0 Å². The van der Waals surface area contributed by atoms with E-state index in [2.05, 4.69) is 65.3 Å². The number of piperidine rings is 1. The van der Waals surface area contributed by atoms with Gasteiger partial charge in [0.15, 0.2) is 0 Å². The van der Waals surface area contributed by atoms with Gasteiger partial charge >= 0.3 is 0 Å². The third kappa shape index (κ3) is 4.82. The van der Waals surface area contributed by atoms with E-state index in [0.717, 1.165) is 56.8 Å². The first kappa shape index (κ1) is 23.2. The van der Waals surface area contributed by atoms with Crippen molar-refractivity contribution in [2.45, 2.75) is 57.0 Å². The summed E-state index contributed by atoms with van der Waals surface area (Å²) in [7, 11) is 2.15. The summed E-state index contributed by atoms with van der Waals surface area (Å²) in [6.07, 6.45) is 4.79. The molecule has 1 aromatic heterocycles. The minimum Gasteiger partial charge on any atom is -0.381 e. The molecule has 1 N–H and O–H groups in total. The van der Waals surface area contributed by atoms with Gasteiger partial charge in [0.05, 0.1) is 12.2 Å². The van der Waals surface area contributed by atoms with Crippen molar-refractivity contribution in [1.29, 1.82) is 0 Å². The van der Waals surface area contributed by atoms with Crippen LogP contribution >= 0.6 is 0 Å². The van der Waals surface area contributed by atoms with Crippen molar-refractivity contribution >= 4 is 11.9 Å². The fourth-order valence-electron chi connectivity index (χ4n) is 5.83. The summed E-state index contributed by atoms with van der Waals surface area (Å²) in [6, 6.07) is 10.9. The van der Waals surface area contributed by atoms with Crippen molar-refractivity contribution in [2.75, 3.05) is 45.2 Å². The van der Waals surface area contributed by atoms with Crippen LogP contribution in [-0.2, 0) is 21.5 Å². The number of likely N-dealkylation sites (N-methyl/N-ethyl adjacent to an activating group) is 1. The average Bonchev–Trinajstić information content (AvgIpc) is 2.84. The van der Waals surface area contributed by atoms with Crippen LogP contribution < -0.4 is 5.32 Å². The average molecular weight is 464 g/mol. The number of nitrogens with zero attached hydrogens (tertiary/aromatic N) is 4. The number of anilines is 1. The number of aromatic nitrogens is 2. The van der Waals surface area contributed by atoms with Gasteiger partial charge in [-0.1, -0.05) is 44.2 Å². The highest BCUT2D eigenvalue weighted by Gasteiger charge is 2.41. The molecule has 1 aromatic carbocycles. The Morgan fingerprint density at radius 3 is 2.68 bits per heavy atom. The number of nitrogens with one attached hydrogen (secondary N) is 1. The Kier molecular flexibility index (Phi) is 6.58. The summed E-state index contributed by atoms with van der Waals surface area (Å²) in [5, 5.41) is 3.49. The summed E-state index contributed by atoms with van der Waals surface area (Å²) in [4.78, 5) is 27.9. The molecular weight excluding hydrogens is 426 g/mol. The first-order chi connectivity index (χ1) is 16.4. The minimum absolute atomic E-state index is 0.00220. The lowest BCUT2D eigenvalue weighted by Gasteiger charge is -2.43. The van der Waals surface area contributed by atoms with Gasteiger partial charge in [0.25, 0.3) is 0 Å². The number of hydrogen-bond donors (Lipinski definition) is 1. The fourth-order valence-corrected chi connectivity index (χ4v) is 5.83. The fraction of sp³-hybridized carbons (Fsp3) is 0.593. The molecule has 0 radical (unpaired) electrons. The molecule has 2 atom stereocenters. The van der Waals surface area contributed by atoms with Gasteiger partial charge in [-0.25, -0.2) is 9.97 Å². The quantitative estimate of drug-likeness (QED) is 0.749. The second kappa shape index (κ2) is 9.62. The molecule has 5 rings (SSSR count). The van der Waals surface area contributed by atoms with Crippen LogP contribution in [0.3, 0.4) is 0 Å². The van der Waals surface area contributed by atoms with Crippen molar-refractivity contribution in [3.63, 3.8) is 0 Å². The Balaban J connectivity index is 1.37. The normalized spacial score (nSPS) is 25.6. The van der Waals surface area contributed by atoms with E-state index in [-0.39, 0.29) is 23.2 Å². The molecule has 3 aliphatic rings. The lowest BCUT2D eigenvalue weighted by molar-refractivity contribution is -0.140. The summed E-state index contributed by atoms with van der Waals surface area (Å²) < 4.78 is 5.47. The number of likely N-dealkylation sites (tertiary alicyclic amines) is 1. The summed E-state index contributed by atoms with van der Waals surface area (Å²) in [6.45, 7) is 9.06. The maximum Gasteiger partial charge on any atom is 0.226 e. The maximum atomic E-state index is 14.0. The van der Waals surface area contributed by atoms with Gasteiger partial charge in [0.1, 0.15) is 0 Å². The lowest BCUT2D eigenvalue weighted by Crippen LogP contribution is -2.51. The summed E-state index contributed by atoms with van der Waals surface area (Å²) in [5.41, 5.74) is 3.19. The smallest absolute Gasteiger partial charge is 0.226 e. The van der Waals surface area contributed by atoms with Crippen molar-refractivity contribution in [3.8, 4) is 0 Å². The van der Waals surface area contributed by atoms with Crippen LogP contribution in [0.15, 0.2) is 36.5 Å². The van der Waals surface area contributed by atoms with Crippen molar-refractivity contribution < 1.29 is 9.53 Å². The van der Waals surface area contributed by atoms with Crippen LogP contribution in [0.1, 0.15) is 55.8 Å². The Morgan fingerprint density at radius 1 is 1.15 bits per heavy atom.